The maximum atomic E-state index is 12.2. The molecule has 0 unspecified atom stereocenters. The average Bonchev–Trinajstić information content (AvgIpc) is 2.86. The molecule has 1 amide bonds. The number of hydrogen-bond acceptors (Lipinski definition) is 5. The summed E-state index contributed by atoms with van der Waals surface area (Å²) in [6.45, 7) is 5.32. The summed E-state index contributed by atoms with van der Waals surface area (Å²) >= 11 is 1.28. The lowest BCUT2D eigenvalue weighted by Crippen LogP contribution is -2.23. The molecular weight excluding hydrogens is 284 g/mol. The van der Waals surface area contributed by atoms with Gasteiger partial charge in [0, 0.05) is 13.1 Å². The number of nitrogens with one attached hydrogen (secondary N) is 2. The van der Waals surface area contributed by atoms with Gasteiger partial charge in [-0.25, -0.2) is 4.98 Å². The van der Waals surface area contributed by atoms with Crippen molar-refractivity contribution in [2.45, 2.75) is 26.8 Å². The van der Waals surface area contributed by atoms with Crippen LogP contribution in [0, 0.1) is 0 Å². The number of aromatic nitrogens is 1. The van der Waals surface area contributed by atoms with E-state index in [-0.39, 0.29) is 11.7 Å². The first-order valence-electron chi connectivity index (χ1n) is 7.00. The molecule has 0 bridgehead atoms. The molecule has 0 atom stereocenters. The van der Waals surface area contributed by atoms with E-state index in [0.717, 1.165) is 18.5 Å². The normalized spacial score (nSPS) is 10.4. The standard InChI is InChI=1S/C15H20N4OS/c1-3-10-7-5-6-8-11(10)9-18-14(20)12-13(16)19-15(21-12)17-4-2/h5-8H,3-4,9,16H2,1-2H3,(H,17,19)(H,18,20). The van der Waals surface area contributed by atoms with Gasteiger partial charge in [-0.1, -0.05) is 42.5 Å². The van der Waals surface area contributed by atoms with Gasteiger partial charge in [-0.15, -0.1) is 0 Å². The summed E-state index contributed by atoms with van der Waals surface area (Å²) in [4.78, 5) is 16.8. The molecule has 0 saturated heterocycles. The van der Waals surface area contributed by atoms with Crippen molar-refractivity contribution in [1.82, 2.24) is 10.3 Å². The molecule has 0 aliphatic rings. The second-order valence-electron chi connectivity index (χ2n) is 4.57. The maximum absolute atomic E-state index is 12.2. The van der Waals surface area contributed by atoms with Gasteiger partial charge in [-0.2, -0.15) is 0 Å². The fourth-order valence-electron chi connectivity index (χ4n) is 2.05. The third-order valence-corrected chi connectivity index (χ3v) is 4.15. The Morgan fingerprint density at radius 3 is 2.67 bits per heavy atom. The molecule has 2 rings (SSSR count). The van der Waals surface area contributed by atoms with Crippen LogP contribution in [0.2, 0.25) is 0 Å². The molecule has 1 heterocycles. The van der Waals surface area contributed by atoms with Gasteiger partial charge < -0.3 is 16.4 Å². The van der Waals surface area contributed by atoms with Gasteiger partial charge in [0.25, 0.3) is 5.91 Å². The van der Waals surface area contributed by atoms with Crippen LogP contribution in [0.5, 0.6) is 0 Å². The molecule has 0 saturated carbocycles. The molecule has 0 spiro atoms. The number of rotatable bonds is 6. The Labute approximate surface area is 128 Å². The lowest BCUT2D eigenvalue weighted by Gasteiger charge is -2.08. The number of carbonyl (C=O) groups is 1. The van der Waals surface area contributed by atoms with Crippen LogP contribution in [0.4, 0.5) is 10.9 Å². The number of benzene rings is 1. The molecule has 112 valence electrons. The van der Waals surface area contributed by atoms with Crippen LogP contribution in [0.1, 0.15) is 34.6 Å². The summed E-state index contributed by atoms with van der Waals surface area (Å²) < 4.78 is 0. The summed E-state index contributed by atoms with van der Waals surface area (Å²) in [6.07, 6.45) is 0.944. The molecule has 0 aliphatic heterocycles. The average molecular weight is 304 g/mol. The van der Waals surface area contributed by atoms with Crippen LogP contribution in [0.15, 0.2) is 24.3 Å². The van der Waals surface area contributed by atoms with E-state index in [1.807, 2.05) is 25.1 Å². The highest BCUT2D eigenvalue weighted by molar-refractivity contribution is 7.18. The Morgan fingerprint density at radius 1 is 1.29 bits per heavy atom. The van der Waals surface area contributed by atoms with Crippen molar-refractivity contribution >= 4 is 28.2 Å². The van der Waals surface area contributed by atoms with E-state index >= 15 is 0 Å². The quantitative estimate of drug-likeness (QED) is 0.766. The first-order valence-corrected chi connectivity index (χ1v) is 7.82. The highest BCUT2D eigenvalue weighted by Gasteiger charge is 2.15. The predicted octanol–water partition coefficient (Wildman–Crippen LogP) is 2.65. The fourth-order valence-corrected chi connectivity index (χ4v) is 2.92. The number of amides is 1. The first kappa shape index (κ1) is 15.3. The Hall–Kier alpha value is -2.08. The van der Waals surface area contributed by atoms with Crippen LogP contribution in [-0.4, -0.2) is 17.4 Å². The van der Waals surface area contributed by atoms with Crippen LogP contribution in [0.25, 0.3) is 0 Å². The van der Waals surface area contributed by atoms with Gasteiger partial charge in [0.1, 0.15) is 10.7 Å². The van der Waals surface area contributed by atoms with E-state index < -0.39 is 0 Å². The molecule has 6 heteroatoms. The second kappa shape index (κ2) is 7.08. The molecule has 4 N–H and O–H groups in total. The zero-order valence-corrected chi connectivity index (χ0v) is 13.1. The molecule has 0 aliphatic carbocycles. The van der Waals surface area contributed by atoms with E-state index in [2.05, 4.69) is 28.6 Å². The SMILES string of the molecule is CCNc1nc(N)c(C(=O)NCc2ccccc2CC)s1. The van der Waals surface area contributed by atoms with Crippen molar-refractivity contribution in [3.05, 3.63) is 40.3 Å². The lowest BCUT2D eigenvalue weighted by molar-refractivity contribution is 0.0955. The molecule has 1 aromatic heterocycles. The van der Waals surface area contributed by atoms with E-state index in [1.54, 1.807) is 0 Å². The van der Waals surface area contributed by atoms with Gasteiger partial charge in [0.2, 0.25) is 0 Å². The number of aryl methyl sites for hydroxylation is 1. The van der Waals surface area contributed by atoms with Crippen molar-refractivity contribution in [3.63, 3.8) is 0 Å². The first-order chi connectivity index (χ1) is 10.2. The summed E-state index contributed by atoms with van der Waals surface area (Å²) in [5.41, 5.74) is 8.16. The highest BCUT2D eigenvalue weighted by atomic mass is 32.1. The summed E-state index contributed by atoms with van der Waals surface area (Å²) in [5.74, 6) is 0.0947. The largest absolute Gasteiger partial charge is 0.382 e. The number of hydrogen-bond donors (Lipinski definition) is 3. The maximum Gasteiger partial charge on any atom is 0.265 e. The molecule has 2 aromatic rings. The van der Waals surface area contributed by atoms with E-state index in [0.29, 0.717) is 16.6 Å². The van der Waals surface area contributed by atoms with Crippen LogP contribution >= 0.6 is 11.3 Å². The van der Waals surface area contributed by atoms with Crippen LogP contribution in [0.3, 0.4) is 0 Å². The Bertz CT molecular complexity index is 624. The Morgan fingerprint density at radius 2 is 2.00 bits per heavy atom. The topological polar surface area (TPSA) is 80.0 Å². The van der Waals surface area contributed by atoms with Crippen molar-refractivity contribution in [2.24, 2.45) is 0 Å². The summed E-state index contributed by atoms with van der Waals surface area (Å²) in [7, 11) is 0. The number of carbonyl (C=O) groups excluding carboxylic acids is 1. The summed E-state index contributed by atoms with van der Waals surface area (Å²) in [6, 6.07) is 8.09. The molecule has 0 fully saturated rings. The zero-order valence-electron chi connectivity index (χ0n) is 12.3. The van der Waals surface area contributed by atoms with Crippen LogP contribution < -0.4 is 16.4 Å². The molecule has 1 aromatic carbocycles. The van der Waals surface area contributed by atoms with E-state index in [4.69, 9.17) is 5.73 Å². The molecule has 0 radical (unpaired) electrons. The smallest absolute Gasteiger partial charge is 0.265 e. The predicted molar refractivity (Wildman–Crippen MR) is 87.7 cm³/mol. The third kappa shape index (κ3) is 3.72. The van der Waals surface area contributed by atoms with Crippen molar-refractivity contribution in [2.75, 3.05) is 17.6 Å². The van der Waals surface area contributed by atoms with Crippen molar-refractivity contribution < 1.29 is 4.79 Å². The van der Waals surface area contributed by atoms with Gasteiger partial charge >= 0.3 is 0 Å². The minimum atomic E-state index is -0.181. The molecule has 21 heavy (non-hydrogen) atoms. The zero-order chi connectivity index (χ0) is 15.2. The monoisotopic (exact) mass is 304 g/mol. The number of nitrogens with zero attached hydrogens (tertiary/aromatic N) is 1. The Kier molecular flexibility index (Phi) is 5.16. The number of anilines is 2. The number of nitrogens with two attached hydrogens (primary N) is 1. The number of nitrogen functional groups attached to an aromatic ring is 1. The summed E-state index contributed by atoms with van der Waals surface area (Å²) in [5, 5.41) is 6.65. The van der Waals surface area contributed by atoms with Gasteiger partial charge in [-0.05, 0) is 24.5 Å². The fraction of sp³-hybridized carbons (Fsp3) is 0.333. The second-order valence-corrected chi connectivity index (χ2v) is 5.57. The van der Waals surface area contributed by atoms with Crippen LogP contribution in [-0.2, 0) is 13.0 Å². The molecular formula is C15H20N4OS. The van der Waals surface area contributed by atoms with Gasteiger partial charge in [-0.3, -0.25) is 4.79 Å². The van der Waals surface area contributed by atoms with Crippen molar-refractivity contribution in [1.29, 1.82) is 0 Å². The van der Waals surface area contributed by atoms with Gasteiger partial charge in [0.05, 0.1) is 0 Å². The lowest BCUT2D eigenvalue weighted by atomic mass is 10.1. The van der Waals surface area contributed by atoms with Crippen molar-refractivity contribution in [3.8, 4) is 0 Å². The minimum Gasteiger partial charge on any atom is -0.382 e. The Balaban J connectivity index is 2.04. The number of thiazole rings is 1. The molecule has 5 nitrogen and oxygen atoms in total. The third-order valence-electron chi connectivity index (χ3n) is 3.13. The van der Waals surface area contributed by atoms with E-state index in [9.17, 15) is 4.79 Å². The van der Waals surface area contributed by atoms with Gasteiger partial charge in [0.15, 0.2) is 5.13 Å². The minimum absolute atomic E-state index is 0.181. The van der Waals surface area contributed by atoms with E-state index in [1.165, 1.54) is 16.9 Å². The highest BCUT2D eigenvalue weighted by Crippen LogP contribution is 2.24.